The molecule has 0 bridgehead atoms. The number of thioether (sulfide) groups is 1. The van der Waals surface area contributed by atoms with Crippen LogP contribution in [0.4, 0.5) is 0 Å². The van der Waals surface area contributed by atoms with Crippen molar-refractivity contribution in [2.45, 2.75) is 30.4 Å². The van der Waals surface area contributed by atoms with Gasteiger partial charge in [-0.15, -0.1) is 23.1 Å². The summed E-state index contributed by atoms with van der Waals surface area (Å²) in [5.74, 6) is -0.177. The second kappa shape index (κ2) is 9.70. The number of thiophene rings is 1. The first kappa shape index (κ1) is 23.4. The fourth-order valence-corrected chi connectivity index (χ4v) is 7.49. The van der Waals surface area contributed by atoms with E-state index in [0.717, 1.165) is 22.0 Å². The zero-order chi connectivity index (χ0) is 23.8. The van der Waals surface area contributed by atoms with Crippen LogP contribution in [0.25, 0.3) is 5.69 Å². The Kier molecular flexibility index (Phi) is 6.66. The van der Waals surface area contributed by atoms with Crippen molar-refractivity contribution in [2.24, 2.45) is 0 Å². The summed E-state index contributed by atoms with van der Waals surface area (Å²) in [5, 5.41) is 11.5. The van der Waals surface area contributed by atoms with Crippen LogP contribution in [0.2, 0.25) is 0 Å². The van der Waals surface area contributed by atoms with E-state index in [1.807, 2.05) is 30.8 Å². The summed E-state index contributed by atoms with van der Waals surface area (Å²) in [6.45, 7) is 7.33. The molecule has 1 amide bonds. The Morgan fingerprint density at radius 1 is 1.12 bits per heavy atom. The summed E-state index contributed by atoms with van der Waals surface area (Å²) in [6, 6.07) is 12.0. The number of aryl methyl sites for hydroxylation is 2. The van der Waals surface area contributed by atoms with Crippen LogP contribution in [0, 0.1) is 13.8 Å². The maximum Gasteiger partial charge on any atom is 0.259 e. The molecule has 1 fully saturated rings. The predicted molar refractivity (Wildman–Crippen MR) is 138 cm³/mol. The van der Waals surface area contributed by atoms with Gasteiger partial charge >= 0.3 is 0 Å². The Hall–Kier alpha value is -2.39. The number of aliphatic hydroxyl groups excluding tert-OH is 1. The largest absolute Gasteiger partial charge is 0.395 e. The zero-order valence-corrected chi connectivity index (χ0v) is 21.1. The molecular formula is C26H29N3O3S2. The van der Waals surface area contributed by atoms with Gasteiger partial charge in [-0.05, 0) is 43.0 Å². The van der Waals surface area contributed by atoms with Gasteiger partial charge in [0, 0.05) is 71.6 Å². The van der Waals surface area contributed by atoms with Crippen LogP contribution in [0.5, 0.6) is 0 Å². The lowest BCUT2D eigenvalue weighted by Gasteiger charge is -2.34. The lowest BCUT2D eigenvalue weighted by Crippen LogP contribution is -2.50. The van der Waals surface area contributed by atoms with Crippen LogP contribution < -0.4 is 5.43 Å². The van der Waals surface area contributed by atoms with Gasteiger partial charge in [-0.1, -0.05) is 12.1 Å². The lowest BCUT2D eigenvalue weighted by molar-refractivity contribution is 0.0612. The number of pyridine rings is 1. The molecule has 8 heteroatoms. The second-order valence-corrected chi connectivity index (χ2v) is 11.1. The summed E-state index contributed by atoms with van der Waals surface area (Å²) in [6.07, 6.45) is 0.614. The molecule has 0 spiro atoms. The number of carbonyl (C=O) groups excluding carboxylic acids is 1. The van der Waals surface area contributed by atoms with Crippen molar-refractivity contribution in [3.8, 4) is 5.69 Å². The van der Waals surface area contributed by atoms with Crippen molar-refractivity contribution in [1.82, 2.24) is 14.4 Å². The minimum absolute atomic E-state index is 0.112. The number of hydrogen-bond acceptors (Lipinski definition) is 6. The number of nitrogens with zero attached hydrogens (tertiary/aromatic N) is 3. The normalized spacial score (nSPS) is 18.3. The summed E-state index contributed by atoms with van der Waals surface area (Å²) >= 11 is 3.56. The number of fused-ring (bicyclic) bond motifs is 3. The fourth-order valence-electron chi connectivity index (χ4n) is 5.00. The van der Waals surface area contributed by atoms with Crippen molar-refractivity contribution in [1.29, 1.82) is 0 Å². The van der Waals surface area contributed by atoms with Gasteiger partial charge in [-0.2, -0.15) is 0 Å². The quantitative estimate of drug-likeness (QED) is 0.599. The molecule has 1 atom stereocenters. The molecule has 4 heterocycles. The van der Waals surface area contributed by atoms with Crippen LogP contribution in [0.1, 0.15) is 37.4 Å². The van der Waals surface area contributed by atoms with Gasteiger partial charge in [-0.25, -0.2) is 0 Å². The predicted octanol–water partition coefficient (Wildman–Crippen LogP) is 3.66. The standard InChI is InChI=1S/C26H29N3O3S2/c1-17-7-14-33-25(17)23-16-20-24(26(32)28-10-8-27(9-11-28)12-13-30)21(31)15-18(2)29(20)19-5-3-4-6-22(19)34-23/h3-7,14-15,23,30H,8-13,16H2,1-2H3. The summed E-state index contributed by atoms with van der Waals surface area (Å²) < 4.78 is 2.13. The van der Waals surface area contributed by atoms with Gasteiger partial charge in [0.05, 0.1) is 12.3 Å². The third kappa shape index (κ3) is 4.24. The maximum atomic E-state index is 13.8. The third-order valence-electron chi connectivity index (χ3n) is 6.74. The molecular weight excluding hydrogens is 466 g/mol. The van der Waals surface area contributed by atoms with Gasteiger partial charge in [-0.3, -0.25) is 14.5 Å². The van der Waals surface area contributed by atoms with E-state index >= 15 is 0 Å². The molecule has 1 N–H and O–H groups in total. The Morgan fingerprint density at radius 3 is 2.59 bits per heavy atom. The van der Waals surface area contributed by atoms with E-state index in [2.05, 4.69) is 40.0 Å². The second-order valence-electron chi connectivity index (χ2n) is 8.91. The van der Waals surface area contributed by atoms with Crippen molar-refractivity contribution in [2.75, 3.05) is 39.3 Å². The molecule has 1 saturated heterocycles. The van der Waals surface area contributed by atoms with Crippen LogP contribution in [-0.4, -0.2) is 64.7 Å². The molecule has 2 aliphatic rings. The van der Waals surface area contributed by atoms with E-state index in [0.29, 0.717) is 44.7 Å². The molecule has 0 saturated carbocycles. The number of β-amino-alcohol motifs (C(OH)–C–C–N with tert-alkyl or cyclic N) is 1. The van der Waals surface area contributed by atoms with Crippen LogP contribution in [0.15, 0.2) is 51.5 Å². The van der Waals surface area contributed by atoms with E-state index < -0.39 is 0 Å². The molecule has 3 aromatic rings. The molecule has 1 unspecified atom stereocenters. The minimum Gasteiger partial charge on any atom is -0.395 e. The van der Waals surface area contributed by atoms with E-state index in [-0.39, 0.29) is 23.2 Å². The van der Waals surface area contributed by atoms with E-state index in [4.69, 9.17) is 0 Å². The molecule has 0 aliphatic carbocycles. The SMILES string of the molecule is Cc1ccsc1C1Cc2c(C(=O)N3CCN(CCO)CC3)c(=O)cc(C)n2-c2ccccc2S1. The Morgan fingerprint density at radius 2 is 1.88 bits per heavy atom. The number of hydrogen-bond donors (Lipinski definition) is 1. The number of piperazine rings is 1. The van der Waals surface area contributed by atoms with Gasteiger partial charge in [0.1, 0.15) is 5.56 Å². The number of para-hydroxylation sites is 1. The van der Waals surface area contributed by atoms with Crippen LogP contribution >= 0.6 is 23.1 Å². The van der Waals surface area contributed by atoms with Gasteiger partial charge < -0.3 is 14.6 Å². The minimum atomic E-state index is -0.197. The molecule has 178 valence electrons. The first-order valence-electron chi connectivity index (χ1n) is 11.7. The number of rotatable bonds is 4. The highest BCUT2D eigenvalue weighted by Gasteiger charge is 2.32. The van der Waals surface area contributed by atoms with Crippen molar-refractivity contribution >= 4 is 29.0 Å². The number of aliphatic hydroxyl groups is 1. The number of carbonyl (C=O) groups is 1. The monoisotopic (exact) mass is 495 g/mol. The molecule has 2 aliphatic heterocycles. The topological polar surface area (TPSA) is 65.8 Å². The van der Waals surface area contributed by atoms with Crippen molar-refractivity contribution in [3.05, 3.63) is 79.4 Å². The molecule has 34 heavy (non-hydrogen) atoms. The maximum absolute atomic E-state index is 13.8. The summed E-state index contributed by atoms with van der Waals surface area (Å²) in [4.78, 5) is 33.5. The molecule has 5 rings (SSSR count). The highest BCUT2D eigenvalue weighted by molar-refractivity contribution is 7.99. The Balaban J connectivity index is 1.62. The first-order chi connectivity index (χ1) is 16.5. The van der Waals surface area contributed by atoms with Crippen molar-refractivity contribution < 1.29 is 9.90 Å². The Labute approximate surface area is 207 Å². The van der Waals surface area contributed by atoms with Gasteiger partial charge in [0.15, 0.2) is 5.43 Å². The average molecular weight is 496 g/mol. The number of benzene rings is 1. The number of amides is 1. The van der Waals surface area contributed by atoms with Crippen LogP contribution in [-0.2, 0) is 6.42 Å². The Bertz CT molecular complexity index is 1270. The molecule has 0 radical (unpaired) electrons. The zero-order valence-electron chi connectivity index (χ0n) is 19.5. The van der Waals surface area contributed by atoms with Crippen LogP contribution in [0.3, 0.4) is 0 Å². The van der Waals surface area contributed by atoms with Gasteiger partial charge in [0.25, 0.3) is 5.91 Å². The third-order valence-corrected chi connectivity index (χ3v) is 9.30. The van der Waals surface area contributed by atoms with E-state index in [9.17, 15) is 14.7 Å². The highest BCUT2D eigenvalue weighted by Crippen LogP contribution is 2.46. The fraction of sp³-hybridized carbons (Fsp3) is 0.385. The smallest absolute Gasteiger partial charge is 0.259 e. The average Bonchev–Trinajstić information content (AvgIpc) is 3.17. The summed E-state index contributed by atoms with van der Waals surface area (Å²) in [5.41, 5.74) is 4.04. The molecule has 1 aromatic carbocycles. The highest BCUT2D eigenvalue weighted by atomic mass is 32.2. The van der Waals surface area contributed by atoms with E-state index in [1.165, 1.54) is 10.4 Å². The van der Waals surface area contributed by atoms with E-state index in [1.54, 1.807) is 22.3 Å². The molecule has 6 nitrogen and oxygen atoms in total. The summed E-state index contributed by atoms with van der Waals surface area (Å²) in [7, 11) is 0. The molecule has 2 aromatic heterocycles. The number of aromatic nitrogens is 1. The first-order valence-corrected chi connectivity index (χ1v) is 13.4. The lowest BCUT2D eigenvalue weighted by atomic mass is 10.0. The van der Waals surface area contributed by atoms with Crippen molar-refractivity contribution in [3.63, 3.8) is 0 Å². The van der Waals surface area contributed by atoms with Gasteiger partial charge in [0.2, 0.25) is 0 Å².